The van der Waals surface area contributed by atoms with Crippen LogP contribution in [-0.4, -0.2) is 28.0 Å². The summed E-state index contributed by atoms with van der Waals surface area (Å²) in [5, 5.41) is 5.75. The Morgan fingerprint density at radius 2 is 1.16 bits per heavy atom. The van der Waals surface area contributed by atoms with E-state index in [-0.39, 0.29) is 17.5 Å². The fourth-order valence-corrected chi connectivity index (χ4v) is 4.22. The molecule has 0 aliphatic rings. The van der Waals surface area contributed by atoms with Crippen molar-refractivity contribution < 1.29 is 9.59 Å². The first-order chi connectivity index (χ1) is 17.3. The molecule has 0 heterocycles. The predicted octanol–water partition coefficient (Wildman–Crippen LogP) is 6.23. The third-order valence-electron chi connectivity index (χ3n) is 4.96. The Balaban J connectivity index is 1.71. The van der Waals surface area contributed by atoms with Gasteiger partial charge < -0.3 is 16.4 Å². The van der Waals surface area contributed by atoms with E-state index in [4.69, 9.17) is 5.73 Å². The highest BCUT2D eigenvalue weighted by Gasteiger charge is 2.14. The number of hydrogen-bond donors (Lipinski definition) is 3. The van der Waals surface area contributed by atoms with Crippen molar-refractivity contribution in [2.24, 2.45) is 0 Å². The van der Waals surface area contributed by atoms with Gasteiger partial charge in [-0.2, -0.15) is 0 Å². The van der Waals surface area contributed by atoms with Gasteiger partial charge in [-0.15, -0.1) is 11.1 Å². The van der Waals surface area contributed by atoms with Gasteiger partial charge in [-0.05, 0) is 54.6 Å². The normalized spacial score (nSPS) is 10.9. The Hall–Kier alpha value is -4.05. The smallest absolute Gasteiger partial charge is 0.257 e. The van der Waals surface area contributed by atoms with Crippen molar-refractivity contribution in [3.8, 4) is 22.9 Å². The standard InChI is InChI=1S/C30H33N3O2Si2/c1-36(2,3)17-15-22-9-7-11-25(19-22)32-29(34)24-13-14-27(28(31)21-24)30(35)33-26-12-8-10-23(20-26)16-18-37(4,5)6/h7-14,19-21H,31H2,1-6H3,(H,32,34)(H,33,35). The van der Waals surface area contributed by atoms with Crippen LogP contribution in [0.5, 0.6) is 0 Å². The summed E-state index contributed by atoms with van der Waals surface area (Å²) in [7, 11) is -3.01. The number of amides is 2. The fourth-order valence-electron chi connectivity index (χ4n) is 3.18. The largest absolute Gasteiger partial charge is 0.398 e. The van der Waals surface area contributed by atoms with Gasteiger partial charge in [0.2, 0.25) is 0 Å². The summed E-state index contributed by atoms with van der Waals surface area (Å²) < 4.78 is 0. The van der Waals surface area contributed by atoms with Crippen molar-refractivity contribution in [3.05, 3.63) is 89.0 Å². The number of anilines is 3. The molecule has 3 rings (SSSR count). The molecule has 0 aliphatic heterocycles. The second kappa shape index (κ2) is 11.3. The van der Waals surface area contributed by atoms with Crippen molar-refractivity contribution in [1.29, 1.82) is 0 Å². The molecule has 0 spiro atoms. The lowest BCUT2D eigenvalue weighted by atomic mass is 10.1. The number of carbonyl (C=O) groups is 2. The molecule has 2 amide bonds. The number of hydrogen-bond acceptors (Lipinski definition) is 3. The molecule has 37 heavy (non-hydrogen) atoms. The minimum absolute atomic E-state index is 0.217. The van der Waals surface area contributed by atoms with Crippen LogP contribution in [0, 0.1) is 22.9 Å². The van der Waals surface area contributed by atoms with Crippen molar-refractivity contribution in [1.82, 2.24) is 0 Å². The van der Waals surface area contributed by atoms with Gasteiger partial charge in [0.25, 0.3) is 11.8 Å². The van der Waals surface area contributed by atoms with Gasteiger partial charge in [0, 0.05) is 33.8 Å². The van der Waals surface area contributed by atoms with Crippen LogP contribution in [0.25, 0.3) is 0 Å². The molecule has 0 unspecified atom stereocenters. The molecule has 0 aromatic heterocycles. The monoisotopic (exact) mass is 523 g/mol. The van der Waals surface area contributed by atoms with E-state index in [1.165, 1.54) is 6.07 Å². The van der Waals surface area contributed by atoms with Crippen molar-refractivity contribution >= 4 is 45.0 Å². The van der Waals surface area contributed by atoms with Gasteiger partial charge in [-0.25, -0.2) is 0 Å². The number of carbonyl (C=O) groups excluding carboxylic acids is 2. The second-order valence-electron chi connectivity index (χ2n) is 10.9. The third-order valence-corrected chi connectivity index (χ3v) is 6.71. The summed E-state index contributed by atoms with van der Waals surface area (Å²) in [5.41, 5.74) is 16.6. The zero-order valence-corrected chi connectivity index (χ0v) is 24.2. The van der Waals surface area contributed by atoms with Crippen LogP contribution < -0.4 is 16.4 Å². The molecule has 0 saturated heterocycles. The zero-order valence-electron chi connectivity index (χ0n) is 22.2. The average molecular weight is 524 g/mol. The Morgan fingerprint density at radius 3 is 1.62 bits per heavy atom. The molecule has 188 valence electrons. The van der Waals surface area contributed by atoms with E-state index in [0.29, 0.717) is 22.5 Å². The lowest BCUT2D eigenvalue weighted by Gasteiger charge is -2.11. The number of nitrogens with one attached hydrogen (secondary N) is 2. The lowest BCUT2D eigenvalue weighted by Crippen LogP contribution is -2.17. The predicted molar refractivity (Wildman–Crippen MR) is 160 cm³/mol. The maximum Gasteiger partial charge on any atom is 0.257 e. The van der Waals surface area contributed by atoms with Gasteiger partial charge in [0.05, 0.1) is 5.56 Å². The molecule has 3 aromatic carbocycles. The molecular formula is C30H33N3O2Si2. The Labute approximate surface area is 221 Å². The van der Waals surface area contributed by atoms with Gasteiger partial charge in [0.15, 0.2) is 0 Å². The molecule has 0 atom stereocenters. The Morgan fingerprint density at radius 1 is 0.676 bits per heavy atom. The summed E-state index contributed by atoms with van der Waals surface area (Å²) in [6.45, 7) is 13.1. The van der Waals surface area contributed by atoms with E-state index < -0.39 is 16.1 Å². The highest BCUT2D eigenvalue weighted by atomic mass is 28.3. The fraction of sp³-hybridized carbons (Fsp3) is 0.200. The van der Waals surface area contributed by atoms with Gasteiger partial charge in [-0.3, -0.25) is 9.59 Å². The maximum absolute atomic E-state index is 12.9. The molecule has 0 radical (unpaired) electrons. The summed E-state index contributed by atoms with van der Waals surface area (Å²) in [5.74, 6) is 5.72. The molecule has 4 N–H and O–H groups in total. The molecule has 5 nitrogen and oxygen atoms in total. The number of nitrogen functional groups attached to an aromatic ring is 1. The highest BCUT2D eigenvalue weighted by Crippen LogP contribution is 2.19. The first kappa shape index (κ1) is 27.5. The Bertz CT molecular complexity index is 1460. The van der Waals surface area contributed by atoms with E-state index in [0.717, 1.165) is 11.1 Å². The van der Waals surface area contributed by atoms with Gasteiger partial charge in [-0.1, -0.05) is 63.3 Å². The SMILES string of the molecule is C[Si](C)(C)C#Cc1cccc(NC(=O)c2ccc(C(=O)Nc3cccc(C#C[Si](C)(C)C)c3)c(N)c2)c1. The van der Waals surface area contributed by atoms with Crippen LogP contribution >= 0.6 is 0 Å². The topological polar surface area (TPSA) is 84.2 Å². The van der Waals surface area contributed by atoms with Crippen molar-refractivity contribution in [2.75, 3.05) is 16.4 Å². The maximum atomic E-state index is 12.9. The van der Waals surface area contributed by atoms with Crippen molar-refractivity contribution in [2.45, 2.75) is 39.3 Å². The van der Waals surface area contributed by atoms with E-state index in [9.17, 15) is 9.59 Å². The van der Waals surface area contributed by atoms with Gasteiger partial charge >= 0.3 is 0 Å². The summed E-state index contributed by atoms with van der Waals surface area (Å²) >= 11 is 0. The number of rotatable bonds is 4. The molecule has 0 aliphatic carbocycles. The van der Waals surface area contributed by atoms with Gasteiger partial charge in [0.1, 0.15) is 16.1 Å². The average Bonchev–Trinajstić information content (AvgIpc) is 2.81. The molecule has 3 aromatic rings. The second-order valence-corrected chi connectivity index (χ2v) is 20.4. The molecular weight excluding hydrogens is 491 g/mol. The first-order valence-corrected chi connectivity index (χ1v) is 19.1. The zero-order chi connectivity index (χ0) is 27.2. The third kappa shape index (κ3) is 8.84. The molecule has 0 saturated carbocycles. The first-order valence-electron chi connectivity index (χ1n) is 12.1. The summed E-state index contributed by atoms with van der Waals surface area (Å²) in [6, 6.07) is 19.5. The van der Waals surface area contributed by atoms with E-state index in [1.807, 2.05) is 42.5 Å². The number of benzene rings is 3. The minimum Gasteiger partial charge on any atom is -0.398 e. The summed E-state index contributed by atoms with van der Waals surface area (Å²) in [6.07, 6.45) is 0. The molecule has 0 bridgehead atoms. The van der Waals surface area contributed by atoms with E-state index in [2.05, 4.69) is 72.8 Å². The van der Waals surface area contributed by atoms with Crippen LogP contribution in [-0.2, 0) is 0 Å². The quantitative estimate of drug-likeness (QED) is 0.215. The van der Waals surface area contributed by atoms with Crippen molar-refractivity contribution in [3.63, 3.8) is 0 Å². The van der Waals surface area contributed by atoms with Crippen LogP contribution in [0.2, 0.25) is 39.3 Å². The van der Waals surface area contributed by atoms with Crippen LogP contribution in [0.3, 0.4) is 0 Å². The molecule has 0 fully saturated rings. The van der Waals surface area contributed by atoms with E-state index >= 15 is 0 Å². The summed E-state index contributed by atoms with van der Waals surface area (Å²) in [4.78, 5) is 25.7. The van der Waals surface area contributed by atoms with E-state index in [1.54, 1.807) is 18.2 Å². The number of nitrogens with two attached hydrogens (primary N) is 1. The Kier molecular flexibility index (Phi) is 8.44. The lowest BCUT2D eigenvalue weighted by molar-refractivity contribution is 0.101. The van der Waals surface area contributed by atoms with Crippen LogP contribution in [0.4, 0.5) is 17.1 Å². The minimum atomic E-state index is -1.51. The van der Waals surface area contributed by atoms with Crippen LogP contribution in [0.15, 0.2) is 66.7 Å². The van der Waals surface area contributed by atoms with Crippen LogP contribution in [0.1, 0.15) is 31.8 Å². The molecule has 7 heteroatoms. The highest BCUT2D eigenvalue weighted by molar-refractivity contribution is 6.84.